The van der Waals surface area contributed by atoms with Gasteiger partial charge in [0.05, 0.1) is 5.69 Å². The summed E-state index contributed by atoms with van der Waals surface area (Å²) in [5.41, 5.74) is 6.69. The van der Waals surface area contributed by atoms with Crippen LogP contribution in [0.2, 0.25) is 0 Å². The van der Waals surface area contributed by atoms with Gasteiger partial charge in [-0.15, -0.1) is 0 Å². The number of pyridine rings is 1. The van der Waals surface area contributed by atoms with Crippen molar-refractivity contribution in [1.29, 1.82) is 0 Å². The molecule has 0 unspecified atom stereocenters. The molecule has 0 saturated carbocycles. The van der Waals surface area contributed by atoms with Crippen LogP contribution in [0.5, 0.6) is 0 Å². The standard InChI is InChI=1S/C12H21N3/c1-4-11(5-2)15(3)9-10-7-6-8-12(13)14-10/h6-8,11H,4-5,9H2,1-3H3,(H2,13,14). The molecule has 0 bridgehead atoms. The number of aromatic nitrogens is 1. The lowest BCUT2D eigenvalue weighted by atomic mass is 10.1. The molecule has 3 heteroatoms. The summed E-state index contributed by atoms with van der Waals surface area (Å²) >= 11 is 0. The first kappa shape index (κ1) is 12.0. The fraction of sp³-hybridized carbons (Fsp3) is 0.583. The first-order valence-corrected chi connectivity index (χ1v) is 5.59. The first-order valence-electron chi connectivity index (χ1n) is 5.59. The van der Waals surface area contributed by atoms with Crippen LogP contribution < -0.4 is 5.73 Å². The average molecular weight is 207 g/mol. The van der Waals surface area contributed by atoms with E-state index in [1.54, 1.807) is 0 Å². The summed E-state index contributed by atoms with van der Waals surface area (Å²) in [6.07, 6.45) is 2.35. The molecule has 0 amide bonds. The number of hydrogen-bond acceptors (Lipinski definition) is 3. The van der Waals surface area contributed by atoms with E-state index in [4.69, 9.17) is 5.73 Å². The van der Waals surface area contributed by atoms with Crippen molar-refractivity contribution in [2.45, 2.75) is 39.3 Å². The van der Waals surface area contributed by atoms with Gasteiger partial charge in [-0.25, -0.2) is 4.98 Å². The Labute approximate surface area is 92.3 Å². The van der Waals surface area contributed by atoms with E-state index in [1.165, 1.54) is 12.8 Å². The molecule has 84 valence electrons. The molecule has 0 spiro atoms. The van der Waals surface area contributed by atoms with Crippen molar-refractivity contribution >= 4 is 5.82 Å². The second-order valence-corrected chi connectivity index (χ2v) is 3.94. The summed E-state index contributed by atoms with van der Waals surface area (Å²) in [4.78, 5) is 6.64. The van der Waals surface area contributed by atoms with Crippen LogP contribution in [0.1, 0.15) is 32.4 Å². The molecule has 0 atom stereocenters. The molecule has 1 rings (SSSR count). The number of rotatable bonds is 5. The Morgan fingerprint density at radius 3 is 2.53 bits per heavy atom. The zero-order valence-corrected chi connectivity index (χ0v) is 9.90. The third-order valence-corrected chi connectivity index (χ3v) is 2.81. The zero-order valence-electron chi connectivity index (χ0n) is 9.90. The lowest BCUT2D eigenvalue weighted by molar-refractivity contribution is 0.219. The minimum Gasteiger partial charge on any atom is -0.384 e. The fourth-order valence-electron chi connectivity index (χ4n) is 1.88. The topological polar surface area (TPSA) is 42.1 Å². The number of nitrogens with two attached hydrogens (primary N) is 1. The van der Waals surface area contributed by atoms with E-state index in [0.717, 1.165) is 12.2 Å². The Bertz CT molecular complexity index is 295. The minimum absolute atomic E-state index is 0.602. The number of hydrogen-bond donors (Lipinski definition) is 1. The first-order chi connectivity index (χ1) is 7.17. The summed E-state index contributed by atoms with van der Waals surface area (Å²) in [5.74, 6) is 0.602. The van der Waals surface area contributed by atoms with Gasteiger partial charge in [0.15, 0.2) is 0 Å². The summed E-state index contributed by atoms with van der Waals surface area (Å²) in [6.45, 7) is 5.31. The molecule has 3 nitrogen and oxygen atoms in total. The van der Waals surface area contributed by atoms with Crippen molar-refractivity contribution in [3.8, 4) is 0 Å². The van der Waals surface area contributed by atoms with E-state index < -0.39 is 0 Å². The normalized spacial score (nSPS) is 11.3. The van der Waals surface area contributed by atoms with E-state index in [-0.39, 0.29) is 0 Å². The molecule has 1 aromatic heterocycles. The molecule has 0 saturated heterocycles. The van der Waals surface area contributed by atoms with Gasteiger partial charge >= 0.3 is 0 Å². The molecule has 0 aliphatic heterocycles. The molecule has 0 aliphatic carbocycles. The van der Waals surface area contributed by atoms with Crippen LogP contribution in [0, 0.1) is 0 Å². The average Bonchev–Trinajstić information content (AvgIpc) is 2.19. The fourth-order valence-corrected chi connectivity index (χ4v) is 1.88. The molecule has 1 heterocycles. The second kappa shape index (κ2) is 5.71. The number of anilines is 1. The predicted octanol–water partition coefficient (Wildman–Crippen LogP) is 2.28. The molecule has 1 aromatic rings. The molecule has 2 N–H and O–H groups in total. The maximum absolute atomic E-state index is 5.65. The van der Waals surface area contributed by atoms with Gasteiger partial charge in [-0.05, 0) is 32.0 Å². The minimum atomic E-state index is 0.602. The molecule has 0 radical (unpaired) electrons. The summed E-state index contributed by atoms with van der Waals surface area (Å²) < 4.78 is 0. The second-order valence-electron chi connectivity index (χ2n) is 3.94. The van der Waals surface area contributed by atoms with E-state index >= 15 is 0 Å². The van der Waals surface area contributed by atoms with Crippen molar-refractivity contribution in [1.82, 2.24) is 9.88 Å². The summed E-state index contributed by atoms with van der Waals surface area (Å²) in [5, 5.41) is 0. The Kier molecular flexibility index (Phi) is 4.56. The lowest BCUT2D eigenvalue weighted by Crippen LogP contribution is -2.30. The molecule has 15 heavy (non-hydrogen) atoms. The molecular weight excluding hydrogens is 186 g/mol. The smallest absolute Gasteiger partial charge is 0.123 e. The van der Waals surface area contributed by atoms with Crippen molar-refractivity contribution in [2.24, 2.45) is 0 Å². The van der Waals surface area contributed by atoms with Gasteiger partial charge < -0.3 is 5.73 Å². The van der Waals surface area contributed by atoms with E-state index in [1.807, 2.05) is 18.2 Å². The Morgan fingerprint density at radius 1 is 1.33 bits per heavy atom. The summed E-state index contributed by atoms with van der Waals surface area (Å²) in [7, 11) is 2.14. The highest BCUT2D eigenvalue weighted by molar-refractivity contribution is 5.28. The highest BCUT2D eigenvalue weighted by Crippen LogP contribution is 2.10. The Balaban J connectivity index is 2.61. The van der Waals surface area contributed by atoms with Crippen LogP contribution >= 0.6 is 0 Å². The van der Waals surface area contributed by atoms with Gasteiger partial charge in [0.2, 0.25) is 0 Å². The van der Waals surface area contributed by atoms with E-state index in [2.05, 4.69) is 30.8 Å². The van der Waals surface area contributed by atoms with Crippen LogP contribution in [0.3, 0.4) is 0 Å². The highest BCUT2D eigenvalue weighted by Gasteiger charge is 2.10. The Morgan fingerprint density at radius 2 is 2.00 bits per heavy atom. The molecule has 0 aromatic carbocycles. The molecular formula is C12H21N3. The van der Waals surface area contributed by atoms with Gasteiger partial charge in [0.1, 0.15) is 5.82 Å². The Hall–Kier alpha value is -1.09. The lowest BCUT2D eigenvalue weighted by Gasteiger charge is -2.25. The van der Waals surface area contributed by atoms with Crippen LogP contribution in [0.4, 0.5) is 5.82 Å². The van der Waals surface area contributed by atoms with Crippen molar-refractivity contribution in [2.75, 3.05) is 12.8 Å². The van der Waals surface area contributed by atoms with E-state index in [0.29, 0.717) is 11.9 Å². The highest BCUT2D eigenvalue weighted by atomic mass is 15.1. The third-order valence-electron chi connectivity index (χ3n) is 2.81. The largest absolute Gasteiger partial charge is 0.384 e. The van der Waals surface area contributed by atoms with Gasteiger partial charge in [0.25, 0.3) is 0 Å². The SMILES string of the molecule is CCC(CC)N(C)Cc1cccc(N)n1. The molecule has 0 aliphatic rings. The molecule has 0 fully saturated rings. The van der Waals surface area contributed by atoms with E-state index in [9.17, 15) is 0 Å². The zero-order chi connectivity index (χ0) is 11.3. The van der Waals surface area contributed by atoms with Crippen LogP contribution in [-0.2, 0) is 6.54 Å². The monoisotopic (exact) mass is 207 g/mol. The maximum Gasteiger partial charge on any atom is 0.123 e. The van der Waals surface area contributed by atoms with Crippen molar-refractivity contribution in [3.05, 3.63) is 23.9 Å². The van der Waals surface area contributed by atoms with Crippen molar-refractivity contribution < 1.29 is 0 Å². The van der Waals surface area contributed by atoms with Gasteiger partial charge in [-0.1, -0.05) is 19.9 Å². The van der Waals surface area contributed by atoms with Gasteiger partial charge in [0, 0.05) is 12.6 Å². The van der Waals surface area contributed by atoms with Crippen molar-refractivity contribution in [3.63, 3.8) is 0 Å². The van der Waals surface area contributed by atoms with Crippen LogP contribution in [0.25, 0.3) is 0 Å². The predicted molar refractivity (Wildman–Crippen MR) is 64.5 cm³/mol. The number of nitrogens with zero attached hydrogens (tertiary/aromatic N) is 2. The third kappa shape index (κ3) is 3.51. The van der Waals surface area contributed by atoms with Crippen LogP contribution in [0.15, 0.2) is 18.2 Å². The maximum atomic E-state index is 5.65. The number of nitrogen functional groups attached to an aromatic ring is 1. The van der Waals surface area contributed by atoms with Crippen LogP contribution in [-0.4, -0.2) is 23.0 Å². The van der Waals surface area contributed by atoms with Gasteiger partial charge in [-0.2, -0.15) is 0 Å². The van der Waals surface area contributed by atoms with Gasteiger partial charge in [-0.3, -0.25) is 4.90 Å². The quantitative estimate of drug-likeness (QED) is 0.805. The summed E-state index contributed by atoms with van der Waals surface area (Å²) in [6, 6.07) is 6.43.